The van der Waals surface area contributed by atoms with Crippen molar-refractivity contribution >= 4 is 18.0 Å². The second-order valence-corrected chi connectivity index (χ2v) is 5.54. The summed E-state index contributed by atoms with van der Waals surface area (Å²) in [7, 11) is 0. The average Bonchev–Trinajstić information content (AvgIpc) is 2.65. The van der Waals surface area contributed by atoms with Gasteiger partial charge in [0.25, 0.3) is 0 Å². The van der Waals surface area contributed by atoms with Crippen LogP contribution in [-0.4, -0.2) is 43.1 Å². The number of rotatable bonds is 11. The van der Waals surface area contributed by atoms with Crippen LogP contribution in [0.3, 0.4) is 0 Å². The summed E-state index contributed by atoms with van der Waals surface area (Å²) < 4.78 is 10.4. The molecule has 0 N–H and O–H groups in total. The summed E-state index contributed by atoms with van der Waals surface area (Å²) in [5.74, 6) is 0.199. The quantitative estimate of drug-likeness (QED) is 0.448. The molecule has 0 radical (unpaired) electrons. The lowest BCUT2D eigenvalue weighted by Crippen LogP contribution is -2.32. The lowest BCUT2D eigenvalue weighted by Gasteiger charge is -2.19. The van der Waals surface area contributed by atoms with Crippen molar-refractivity contribution in [3.8, 4) is 11.8 Å². The maximum Gasteiger partial charge on any atom is 0.307 e. The fourth-order valence-corrected chi connectivity index (χ4v) is 2.14. The van der Waals surface area contributed by atoms with Crippen LogP contribution in [0, 0.1) is 11.3 Å². The van der Waals surface area contributed by atoms with E-state index in [0.717, 1.165) is 17.7 Å². The fraction of sp³-hybridized carbons (Fsp3) is 0.450. The van der Waals surface area contributed by atoms with E-state index in [1.165, 1.54) is 11.0 Å². The number of ether oxygens (including phenoxy) is 2. The van der Waals surface area contributed by atoms with Crippen LogP contribution in [0.1, 0.15) is 38.7 Å². The number of nitriles is 1. The summed E-state index contributed by atoms with van der Waals surface area (Å²) in [4.78, 5) is 25.3. The van der Waals surface area contributed by atoms with Gasteiger partial charge in [0.2, 0.25) is 5.91 Å². The van der Waals surface area contributed by atoms with E-state index < -0.39 is 0 Å². The molecular formula is C20H26N2O4. The van der Waals surface area contributed by atoms with E-state index >= 15 is 0 Å². The molecule has 0 saturated heterocycles. The van der Waals surface area contributed by atoms with Crippen molar-refractivity contribution < 1.29 is 19.1 Å². The minimum atomic E-state index is -0.353. The number of hydrogen-bond acceptors (Lipinski definition) is 5. The summed E-state index contributed by atoms with van der Waals surface area (Å²) in [5.41, 5.74) is 0.868. The zero-order chi connectivity index (χ0) is 19.2. The molecule has 0 atom stereocenters. The minimum Gasteiger partial charge on any atom is -0.494 e. The minimum absolute atomic E-state index is 0.113. The second kappa shape index (κ2) is 12.5. The fourth-order valence-electron chi connectivity index (χ4n) is 2.14. The Hall–Kier alpha value is -2.81. The summed E-state index contributed by atoms with van der Waals surface area (Å²) in [6.07, 6.45) is 4.43. The Bertz CT molecular complexity index is 632. The Morgan fingerprint density at radius 2 is 1.92 bits per heavy atom. The van der Waals surface area contributed by atoms with E-state index in [2.05, 4.69) is 0 Å². The molecule has 0 aliphatic heterocycles. The Balaban J connectivity index is 2.64. The maximum atomic E-state index is 12.4. The van der Waals surface area contributed by atoms with Gasteiger partial charge in [0.15, 0.2) is 0 Å². The smallest absolute Gasteiger partial charge is 0.307 e. The van der Waals surface area contributed by atoms with Gasteiger partial charge in [-0.25, -0.2) is 0 Å². The van der Waals surface area contributed by atoms with E-state index in [1.54, 1.807) is 13.0 Å². The standard InChI is InChI=1S/C20H26N2O4/c1-3-16-26-18-9-6-17(7-10-18)8-11-19(23)22(14-5-13-21)15-12-20(24)25-4-2/h6-11H,3-5,12,14-16H2,1-2H3/b11-8+. The Labute approximate surface area is 155 Å². The largest absolute Gasteiger partial charge is 0.494 e. The Morgan fingerprint density at radius 1 is 1.19 bits per heavy atom. The molecule has 0 bridgehead atoms. The monoisotopic (exact) mass is 358 g/mol. The topological polar surface area (TPSA) is 79.6 Å². The van der Waals surface area contributed by atoms with Crippen LogP contribution in [0.15, 0.2) is 30.3 Å². The van der Waals surface area contributed by atoms with Gasteiger partial charge in [-0.05, 0) is 37.1 Å². The SMILES string of the molecule is CCCOc1ccc(/C=C/C(=O)N(CCC#N)CCC(=O)OCC)cc1. The first-order chi connectivity index (χ1) is 12.6. The molecule has 1 amide bonds. The number of nitrogens with zero attached hydrogens (tertiary/aromatic N) is 2. The van der Waals surface area contributed by atoms with Gasteiger partial charge in [0.1, 0.15) is 5.75 Å². The van der Waals surface area contributed by atoms with Crippen LogP contribution < -0.4 is 4.74 Å². The first-order valence-corrected chi connectivity index (χ1v) is 8.83. The number of carbonyl (C=O) groups is 2. The van der Waals surface area contributed by atoms with E-state index in [1.807, 2.05) is 37.3 Å². The molecule has 26 heavy (non-hydrogen) atoms. The first-order valence-electron chi connectivity index (χ1n) is 8.83. The molecule has 6 nitrogen and oxygen atoms in total. The van der Waals surface area contributed by atoms with Gasteiger partial charge in [0.05, 0.1) is 32.1 Å². The Kier molecular flexibility index (Phi) is 10.2. The van der Waals surface area contributed by atoms with Gasteiger partial charge in [-0.15, -0.1) is 0 Å². The van der Waals surface area contributed by atoms with Crippen molar-refractivity contribution in [3.05, 3.63) is 35.9 Å². The number of esters is 1. The Morgan fingerprint density at radius 3 is 2.54 bits per heavy atom. The third-order valence-electron chi connectivity index (χ3n) is 3.47. The van der Waals surface area contributed by atoms with Gasteiger partial charge in [-0.3, -0.25) is 9.59 Å². The van der Waals surface area contributed by atoms with E-state index in [9.17, 15) is 9.59 Å². The third kappa shape index (κ3) is 8.34. The normalized spacial score (nSPS) is 10.3. The van der Waals surface area contributed by atoms with Crippen LogP contribution in [0.5, 0.6) is 5.75 Å². The van der Waals surface area contributed by atoms with Crippen LogP contribution in [0.4, 0.5) is 0 Å². The molecule has 0 spiro atoms. The highest BCUT2D eigenvalue weighted by Gasteiger charge is 2.13. The predicted molar refractivity (Wildman–Crippen MR) is 99.3 cm³/mol. The molecule has 0 heterocycles. The zero-order valence-corrected chi connectivity index (χ0v) is 15.4. The molecule has 0 aromatic heterocycles. The van der Waals surface area contributed by atoms with Gasteiger partial charge in [-0.2, -0.15) is 5.26 Å². The molecule has 140 valence electrons. The molecular weight excluding hydrogens is 332 g/mol. The van der Waals surface area contributed by atoms with Crippen molar-refractivity contribution in [1.82, 2.24) is 4.90 Å². The van der Waals surface area contributed by atoms with Gasteiger partial charge in [0, 0.05) is 19.2 Å². The van der Waals surface area contributed by atoms with Crippen molar-refractivity contribution in [3.63, 3.8) is 0 Å². The molecule has 0 fully saturated rings. The average molecular weight is 358 g/mol. The van der Waals surface area contributed by atoms with Gasteiger partial charge in [-0.1, -0.05) is 19.1 Å². The van der Waals surface area contributed by atoms with Crippen molar-refractivity contribution in [1.29, 1.82) is 5.26 Å². The van der Waals surface area contributed by atoms with Crippen LogP contribution >= 0.6 is 0 Å². The van der Waals surface area contributed by atoms with Crippen molar-refractivity contribution in [2.45, 2.75) is 33.1 Å². The van der Waals surface area contributed by atoms with E-state index in [0.29, 0.717) is 13.2 Å². The van der Waals surface area contributed by atoms with Gasteiger partial charge >= 0.3 is 5.97 Å². The zero-order valence-electron chi connectivity index (χ0n) is 15.4. The molecule has 1 rings (SSSR count). The number of carbonyl (C=O) groups excluding carboxylic acids is 2. The predicted octanol–water partition coefficient (Wildman–Crippen LogP) is 3.18. The summed E-state index contributed by atoms with van der Waals surface area (Å²) in [6.45, 7) is 5.27. The number of benzene rings is 1. The molecule has 0 aliphatic carbocycles. The highest BCUT2D eigenvalue weighted by molar-refractivity contribution is 5.92. The summed E-state index contributed by atoms with van der Waals surface area (Å²) in [5, 5.41) is 8.74. The summed E-state index contributed by atoms with van der Waals surface area (Å²) >= 11 is 0. The molecule has 0 unspecified atom stereocenters. The highest BCUT2D eigenvalue weighted by atomic mass is 16.5. The van der Waals surface area contributed by atoms with Crippen molar-refractivity contribution in [2.75, 3.05) is 26.3 Å². The van der Waals surface area contributed by atoms with E-state index in [4.69, 9.17) is 14.7 Å². The highest BCUT2D eigenvalue weighted by Crippen LogP contribution is 2.13. The second-order valence-electron chi connectivity index (χ2n) is 5.54. The molecule has 1 aromatic carbocycles. The summed E-state index contributed by atoms with van der Waals surface area (Å²) in [6, 6.07) is 9.46. The van der Waals surface area contributed by atoms with Crippen LogP contribution in [0.25, 0.3) is 6.08 Å². The first kappa shape index (κ1) is 21.2. The number of hydrogen-bond donors (Lipinski definition) is 0. The lowest BCUT2D eigenvalue weighted by molar-refractivity contribution is -0.143. The molecule has 0 aliphatic rings. The maximum absolute atomic E-state index is 12.4. The molecule has 0 saturated carbocycles. The van der Waals surface area contributed by atoms with Crippen LogP contribution in [-0.2, 0) is 14.3 Å². The molecule has 1 aromatic rings. The number of amides is 1. The van der Waals surface area contributed by atoms with Crippen LogP contribution in [0.2, 0.25) is 0 Å². The molecule has 6 heteroatoms. The third-order valence-corrected chi connectivity index (χ3v) is 3.47. The van der Waals surface area contributed by atoms with Gasteiger partial charge < -0.3 is 14.4 Å². The van der Waals surface area contributed by atoms with Crippen molar-refractivity contribution in [2.24, 2.45) is 0 Å². The van der Waals surface area contributed by atoms with E-state index in [-0.39, 0.29) is 37.8 Å². The lowest BCUT2D eigenvalue weighted by atomic mass is 10.2.